The summed E-state index contributed by atoms with van der Waals surface area (Å²) in [6, 6.07) is 18.3. The van der Waals surface area contributed by atoms with Crippen LogP contribution in [0.2, 0.25) is 0 Å². The highest BCUT2D eigenvalue weighted by atomic mass is 32.2. The SMILES string of the molecule is CNC(=O)c1c(-c2ccc(F)cc2)oc2cc(N(C)S(C)(=O)=O)c(-c3ccc4c(n3)-c3cc5c(F)cccc5n3C(C(OC)OC)O4)cc12. The minimum Gasteiger partial charge on any atom is -0.462 e. The van der Waals surface area contributed by atoms with Gasteiger partial charge >= 0.3 is 0 Å². The van der Waals surface area contributed by atoms with Crippen molar-refractivity contribution < 1.29 is 40.6 Å². The van der Waals surface area contributed by atoms with Crippen molar-refractivity contribution in [1.29, 1.82) is 0 Å². The molecule has 3 aromatic carbocycles. The van der Waals surface area contributed by atoms with Crippen LogP contribution in [-0.4, -0.2) is 64.7 Å². The second-order valence-corrected chi connectivity index (χ2v) is 13.5. The molecule has 1 aliphatic heterocycles. The second-order valence-electron chi connectivity index (χ2n) is 11.5. The number of anilines is 1. The van der Waals surface area contributed by atoms with Gasteiger partial charge in [-0.15, -0.1) is 0 Å². The molecule has 0 bridgehead atoms. The van der Waals surface area contributed by atoms with Gasteiger partial charge in [0.15, 0.2) is 0 Å². The van der Waals surface area contributed by atoms with Crippen molar-refractivity contribution in [3.05, 3.63) is 90.0 Å². The second kappa shape index (κ2) is 12.0. The molecule has 7 rings (SSSR count). The molecule has 0 radical (unpaired) electrons. The van der Waals surface area contributed by atoms with E-state index in [1.165, 1.54) is 64.7 Å². The number of sulfonamides is 1. The summed E-state index contributed by atoms with van der Waals surface area (Å²) < 4.78 is 81.2. The van der Waals surface area contributed by atoms with Crippen molar-refractivity contribution in [1.82, 2.24) is 14.9 Å². The first-order valence-electron chi connectivity index (χ1n) is 15.0. The van der Waals surface area contributed by atoms with Crippen LogP contribution in [0.15, 0.2) is 77.2 Å². The van der Waals surface area contributed by atoms with Crippen LogP contribution in [0.1, 0.15) is 16.6 Å². The Bertz CT molecular complexity index is 2390. The number of halogens is 2. The van der Waals surface area contributed by atoms with Crippen molar-refractivity contribution >= 4 is 43.5 Å². The number of pyridine rings is 1. The molecule has 0 saturated carbocycles. The van der Waals surface area contributed by atoms with E-state index in [2.05, 4.69) is 5.32 Å². The van der Waals surface area contributed by atoms with Gasteiger partial charge in [-0.3, -0.25) is 13.7 Å². The van der Waals surface area contributed by atoms with Crippen molar-refractivity contribution in [2.45, 2.75) is 12.5 Å². The molecule has 0 saturated heterocycles. The maximum Gasteiger partial charge on any atom is 0.255 e. The molecule has 1 N–H and O–H groups in total. The average molecular weight is 689 g/mol. The molecule has 252 valence electrons. The Morgan fingerprint density at radius 3 is 2.43 bits per heavy atom. The Hall–Kier alpha value is -5.31. The normalized spacial score (nSPS) is 14.2. The largest absolute Gasteiger partial charge is 0.462 e. The fourth-order valence-corrected chi connectivity index (χ4v) is 6.68. The summed E-state index contributed by atoms with van der Waals surface area (Å²) in [4.78, 5) is 18.3. The van der Waals surface area contributed by atoms with E-state index < -0.39 is 40.1 Å². The molecule has 1 aliphatic rings. The predicted molar refractivity (Wildman–Crippen MR) is 180 cm³/mol. The molecule has 0 spiro atoms. The number of furan rings is 1. The van der Waals surface area contributed by atoms with Gasteiger partial charge in [-0.2, -0.15) is 0 Å². The van der Waals surface area contributed by atoms with E-state index in [4.69, 9.17) is 23.6 Å². The lowest BCUT2D eigenvalue weighted by molar-refractivity contribution is -0.179. The standard InChI is InChI=1S/C35H30F2N4O7S/c1-38-33(42)30-22-15-21(26(40(2)49(5,43)44)17-29(22)47-32(30)18-9-11-19(36)12-10-18)24-13-14-28-31(39-24)27-16-20-23(37)7-6-8-25(20)41(27)34(48-28)35(45-3)46-4/h6-17,34-35H,1-5H3,(H,38,42). The lowest BCUT2D eigenvalue weighted by Crippen LogP contribution is -2.34. The molecule has 4 heterocycles. The predicted octanol–water partition coefficient (Wildman–Crippen LogP) is 6.33. The van der Waals surface area contributed by atoms with Crippen LogP contribution in [-0.2, 0) is 19.5 Å². The molecule has 49 heavy (non-hydrogen) atoms. The third kappa shape index (κ3) is 5.28. The number of methoxy groups -OCH3 is 2. The van der Waals surface area contributed by atoms with Gasteiger partial charge in [-0.1, -0.05) is 6.07 Å². The lowest BCUT2D eigenvalue weighted by Gasteiger charge is -2.33. The number of ether oxygens (including phenoxy) is 3. The fourth-order valence-electron chi connectivity index (χ4n) is 6.17. The fraction of sp³-hybridized carbons (Fsp3) is 0.200. The van der Waals surface area contributed by atoms with Crippen molar-refractivity contribution in [3.63, 3.8) is 0 Å². The van der Waals surface area contributed by atoms with E-state index in [-0.39, 0.29) is 22.6 Å². The number of carbonyl (C=O) groups excluding carboxylic acids is 1. The minimum atomic E-state index is -3.80. The van der Waals surface area contributed by atoms with Crippen LogP contribution < -0.4 is 14.4 Å². The number of nitrogens with one attached hydrogen (secondary N) is 1. The van der Waals surface area contributed by atoms with Crippen LogP contribution in [0.25, 0.3) is 55.8 Å². The third-order valence-electron chi connectivity index (χ3n) is 8.61. The minimum absolute atomic E-state index is 0.170. The molecule has 1 atom stereocenters. The van der Waals surface area contributed by atoms with E-state index in [0.29, 0.717) is 50.2 Å². The van der Waals surface area contributed by atoms with E-state index in [0.717, 1.165) is 10.6 Å². The quantitative estimate of drug-likeness (QED) is 0.184. The van der Waals surface area contributed by atoms with Crippen LogP contribution in [0.3, 0.4) is 0 Å². The summed E-state index contributed by atoms with van der Waals surface area (Å²) in [6.45, 7) is 0. The summed E-state index contributed by atoms with van der Waals surface area (Å²) in [6.07, 6.45) is -0.632. The Balaban J connectivity index is 1.49. The lowest BCUT2D eigenvalue weighted by atomic mass is 10.0. The maximum atomic E-state index is 15.1. The number of nitrogens with zero attached hydrogens (tertiary/aromatic N) is 3. The number of hydrogen-bond donors (Lipinski definition) is 1. The molecule has 0 aliphatic carbocycles. The number of aromatic nitrogens is 2. The number of benzene rings is 3. The van der Waals surface area contributed by atoms with Gasteiger partial charge < -0.3 is 23.9 Å². The van der Waals surface area contributed by atoms with Crippen LogP contribution in [0, 0.1) is 11.6 Å². The van der Waals surface area contributed by atoms with E-state index in [1.54, 1.807) is 41.0 Å². The number of carbonyl (C=O) groups is 1. The van der Waals surface area contributed by atoms with Crippen LogP contribution in [0.5, 0.6) is 5.75 Å². The maximum absolute atomic E-state index is 15.1. The molecule has 3 aromatic heterocycles. The Labute approximate surface area is 279 Å². The van der Waals surface area contributed by atoms with Crippen molar-refractivity contribution in [3.8, 4) is 39.7 Å². The first-order chi connectivity index (χ1) is 23.4. The summed E-state index contributed by atoms with van der Waals surface area (Å²) >= 11 is 0. The summed E-state index contributed by atoms with van der Waals surface area (Å²) in [7, 11) is 2.01. The topological polar surface area (TPSA) is 125 Å². The van der Waals surface area contributed by atoms with Gasteiger partial charge in [0.25, 0.3) is 5.91 Å². The Kier molecular flexibility index (Phi) is 7.89. The van der Waals surface area contributed by atoms with Gasteiger partial charge in [-0.25, -0.2) is 22.2 Å². The molecular weight excluding hydrogens is 658 g/mol. The zero-order valence-electron chi connectivity index (χ0n) is 26.9. The highest BCUT2D eigenvalue weighted by Gasteiger charge is 2.36. The summed E-state index contributed by atoms with van der Waals surface area (Å²) in [5.41, 5.74) is 3.12. The summed E-state index contributed by atoms with van der Waals surface area (Å²) in [5.74, 6) is -0.839. The first-order valence-corrected chi connectivity index (χ1v) is 16.9. The molecule has 6 aromatic rings. The van der Waals surface area contributed by atoms with Crippen molar-refractivity contribution in [2.24, 2.45) is 0 Å². The number of amides is 1. The molecule has 1 unspecified atom stereocenters. The molecule has 14 heteroatoms. The van der Waals surface area contributed by atoms with Crippen LogP contribution >= 0.6 is 0 Å². The number of fused-ring (bicyclic) bond motifs is 6. The van der Waals surface area contributed by atoms with Gasteiger partial charge in [0.05, 0.1) is 34.4 Å². The van der Waals surface area contributed by atoms with E-state index in [9.17, 15) is 17.6 Å². The van der Waals surface area contributed by atoms with E-state index >= 15 is 4.39 Å². The van der Waals surface area contributed by atoms with Gasteiger partial charge in [0.1, 0.15) is 34.4 Å². The van der Waals surface area contributed by atoms with Gasteiger partial charge in [-0.05, 0) is 60.7 Å². The molecular formula is C35H30F2N4O7S. The average Bonchev–Trinajstić information content (AvgIpc) is 3.67. The number of rotatable bonds is 8. The zero-order valence-corrected chi connectivity index (χ0v) is 27.8. The van der Waals surface area contributed by atoms with E-state index in [1.807, 2.05) is 0 Å². The first kappa shape index (κ1) is 32.2. The molecule has 11 nitrogen and oxygen atoms in total. The smallest absolute Gasteiger partial charge is 0.255 e. The van der Waals surface area contributed by atoms with Crippen molar-refractivity contribution in [2.75, 3.05) is 38.9 Å². The monoisotopic (exact) mass is 688 g/mol. The highest BCUT2D eigenvalue weighted by Crippen LogP contribution is 2.46. The van der Waals surface area contributed by atoms with Gasteiger partial charge in [0, 0.05) is 56.3 Å². The Morgan fingerprint density at radius 2 is 1.76 bits per heavy atom. The number of hydrogen-bond acceptors (Lipinski definition) is 8. The Morgan fingerprint density at radius 1 is 1.02 bits per heavy atom. The third-order valence-corrected chi connectivity index (χ3v) is 9.80. The highest BCUT2D eigenvalue weighted by molar-refractivity contribution is 7.92. The summed E-state index contributed by atoms with van der Waals surface area (Å²) in [5, 5.41) is 3.33. The molecule has 0 fully saturated rings. The van der Waals surface area contributed by atoms with Gasteiger partial charge in [0.2, 0.25) is 22.5 Å². The molecule has 1 amide bonds. The zero-order chi connectivity index (χ0) is 34.8. The van der Waals surface area contributed by atoms with Crippen LogP contribution in [0.4, 0.5) is 14.5 Å².